The van der Waals surface area contributed by atoms with E-state index in [0.717, 1.165) is 18.4 Å². The Labute approximate surface area is 125 Å². The van der Waals surface area contributed by atoms with Crippen molar-refractivity contribution in [2.45, 2.75) is 17.7 Å². The molecule has 98 valence electrons. The van der Waals surface area contributed by atoms with E-state index in [2.05, 4.69) is 40.2 Å². The van der Waals surface area contributed by atoms with Gasteiger partial charge >= 0.3 is 0 Å². The number of rotatable bonds is 2. The zero-order valence-electron chi connectivity index (χ0n) is 10.2. The average Bonchev–Trinajstić information content (AvgIpc) is 2.70. The van der Waals surface area contributed by atoms with Gasteiger partial charge in [-0.2, -0.15) is 0 Å². The van der Waals surface area contributed by atoms with Crippen LogP contribution >= 0.6 is 27.5 Å². The van der Waals surface area contributed by atoms with Gasteiger partial charge in [0.25, 0.3) is 0 Å². The van der Waals surface area contributed by atoms with Crippen LogP contribution in [-0.2, 0) is 12.8 Å². The Kier molecular flexibility index (Phi) is 3.64. The summed E-state index contributed by atoms with van der Waals surface area (Å²) in [5, 5.41) is 0.524. The van der Waals surface area contributed by atoms with Gasteiger partial charge in [0.15, 0.2) is 0 Å². The average molecular weight is 340 g/mol. The van der Waals surface area contributed by atoms with Crippen molar-refractivity contribution in [2.75, 3.05) is 0 Å². The Morgan fingerprint density at radius 1 is 1.21 bits per heavy atom. The largest absolute Gasteiger partial charge is 0.207 e. The third-order valence-corrected chi connectivity index (χ3v) is 5.34. The zero-order chi connectivity index (χ0) is 13.4. The molecule has 0 fully saturated rings. The van der Waals surface area contributed by atoms with Crippen molar-refractivity contribution >= 4 is 27.5 Å². The topological polar surface area (TPSA) is 0 Å². The molecular formula is C16H13BrClF. The van der Waals surface area contributed by atoms with Crippen LogP contribution < -0.4 is 0 Å². The van der Waals surface area contributed by atoms with Crippen LogP contribution in [0.3, 0.4) is 0 Å². The van der Waals surface area contributed by atoms with Crippen LogP contribution in [-0.4, -0.2) is 0 Å². The molecule has 0 saturated carbocycles. The van der Waals surface area contributed by atoms with Crippen LogP contribution in [0.1, 0.15) is 21.5 Å². The summed E-state index contributed by atoms with van der Waals surface area (Å²) in [4.78, 5) is 0.352. The summed E-state index contributed by atoms with van der Waals surface area (Å²) in [6, 6.07) is 13.2. The first-order chi connectivity index (χ1) is 9.15. The molecule has 1 aliphatic rings. The predicted octanol–water partition coefficient (Wildman–Crippen LogP) is 5.33. The van der Waals surface area contributed by atoms with E-state index < -0.39 is 0 Å². The van der Waals surface area contributed by atoms with Crippen LogP contribution in [0.15, 0.2) is 42.5 Å². The molecule has 2 aromatic carbocycles. The van der Waals surface area contributed by atoms with Crippen LogP contribution in [0.2, 0.25) is 5.02 Å². The molecule has 3 heteroatoms. The first kappa shape index (κ1) is 13.1. The van der Waals surface area contributed by atoms with Gasteiger partial charge in [0.1, 0.15) is 5.82 Å². The molecule has 2 atom stereocenters. The second-order valence-corrected chi connectivity index (χ2v) is 6.40. The molecule has 0 bridgehead atoms. The molecule has 0 N–H and O–H groups in total. The van der Waals surface area contributed by atoms with Gasteiger partial charge in [-0.1, -0.05) is 57.9 Å². The quantitative estimate of drug-likeness (QED) is 0.649. The Morgan fingerprint density at radius 3 is 2.74 bits per heavy atom. The molecule has 0 radical (unpaired) electrons. The van der Waals surface area contributed by atoms with Gasteiger partial charge in [0.2, 0.25) is 0 Å². The maximum Gasteiger partial charge on any atom is 0.124 e. The Balaban J connectivity index is 1.83. The first-order valence-corrected chi connectivity index (χ1v) is 7.60. The van der Waals surface area contributed by atoms with E-state index in [1.807, 2.05) is 0 Å². The van der Waals surface area contributed by atoms with Crippen molar-refractivity contribution < 1.29 is 4.39 Å². The van der Waals surface area contributed by atoms with Crippen LogP contribution in [0, 0.1) is 11.7 Å². The minimum absolute atomic E-state index is 0.279. The number of fused-ring (bicyclic) bond motifs is 1. The lowest BCUT2D eigenvalue weighted by molar-refractivity contribution is 0.553. The molecule has 3 rings (SSSR count). The predicted molar refractivity (Wildman–Crippen MR) is 80.4 cm³/mol. The Morgan fingerprint density at radius 2 is 2.00 bits per heavy atom. The molecule has 0 aromatic heterocycles. The van der Waals surface area contributed by atoms with E-state index in [1.54, 1.807) is 6.07 Å². The number of alkyl halides is 1. The van der Waals surface area contributed by atoms with Crippen molar-refractivity contribution in [3.8, 4) is 0 Å². The van der Waals surface area contributed by atoms with E-state index in [4.69, 9.17) is 11.6 Å². The van der Waals surface area contributed by atoms with Gasteiger partial charge in [-0.3, -0.25) is 0 Å². The summed E-state index contributed by atoms with van der Waals surface area (Å²) in [7, 11) is 0. The fourth-order valence-electron chi connectivity index (χ4n) is 2.77. The summed E-state index contributed by atoms with van der Waals surface area (Å²) < 4.78 is 13.1. The molecule has 0 nitrogen and oxygen atoms in total. The molecule has 0 saturated heterocycles. The molecule has 2 aromatic rings. The highest BCUT2D eigenvalue weighted by Gasteiger charge is 2.30. The molecule has 0 amide bonds. The first-order valence-electron chi connectivity index (χ1n) is 6.31. The standard InChI is InChI=1S/C16H13BrClF/c17-16-12(7-10-3-1-2-4-14(10)16)8-11-5-6-13(19)9-15(11)18/h1-6,9,12,16H,7-8H2. The van der Waals surface area contributed by atoms with E-state index in [0.29, 0.717) is 15.8 Å². The molecular weight excluding hydrogens is 327 g/mol. The van der Waals surface area contributed by atoms with Crippen molar-refractivity contribution in [2.24, 2.45) is 5.92 Å². The summed E-state index contributed by atoms with van der Waals surface area (Å²) >= 11 is 9.89. The van der Waals surface area contributed by atoms with Crippen molar-refractivity contribution in [3.63, 3.8) is 0 Å². The molecule has 0 aliphatic heterocycles. The smallest absolute Gasteiger partial charge is 0.124 e. The maximum atomic E-state index is 13.1. The van der Waals surface area contributed by atoms with E-state index >= 15 is 0 Å². The Bertz CT molecular complexity index is 611. The summed E-state index contributed by atoms with van der Waals surface area (Å²) in [6.07, 6.45) is 1.91. The lowest BCUT2D eigenvalue weighted by Gasteiger charge is -2.15. The fraction of sp³-hybridized carbons (Fsp3) is 0.250. The summed E-state index contributed by atoms with van der Waals surface area (Å²) in [5.41, 5.74) is 3.78. The number of halogens is 3. The highest BCUT2D eigenvalue weighted by molar-refractivity contribution is 9.09. The van der Waals surface area contributed by atoms with E-state index in [9.17, 15) is 4.39 Å². The molecule has 0 spiro atoms. The molecule has 0 heterocycles. The normalized spacial score (nSPS) is 21.4. The number of benzene rings is 2. The van der Waals surface area contributed by atoms with Crippen LogP contribution in [0.5, 0.6) is 0 Å². The molecule has 19 heavy (non-hydrogen) atoms. The highest BCUT2D eigenvalue weighted by atomic mass is 79.9. The minimum atomic E-state index is -0.279. The van der Waals surface area contributed by atoms with Crippen molar-refractivity contribution in [3.05, 3.63) is 70.0 Å². The lowest BCUT2D eigenvalue weighted by atomic mass is 9.96. The maximum absolute atomic E-state index is 13.1. The van der Waals surface area contributed by atoms with E-state index in [1.165, 1.54) is 23.3 Å². The zero-order valence-corrected chi connectivity index (χ0v) is 12.6. The Hall–Kier alpha value is -0.860. The monoisotopic (exact) mass is 338 g/mol. The van der Waals surface area contributed by atoms with Crippen LogP contribution in [0.4, 0.5) is 4.39 Å². The second-order valence-electron chi connectivity index (χ2n) is 5.00. The minimum Gasteiger partial charge on any atom is -0.207 e. The second kappa shape index (κ2) is 5.26. The van der Waals surface area contributed by atoms with Gasteiger partial charge in [-0.05, 0) is 47.6 Å². The molecule has 2 unspecified atom stereocenters. The lowest BCUT2D eigenvalue weighted by Crippen LogP contribution is -2.07. The van der Waals surface area contributed by atoms with Gasteiger partial charge in [0.05, 0.1) is 0 Å². The van der Waals surface area contributed by atoms with Crippen LogP contribution in [0.25, 0.3) is 0 Å². The van der Waals surface area contributed by atoms with Gasteiger partial charge in [0, 0.05) is 9.85 Å². The fourth-order valence-corrected chi connectivity index (χ4v) is 3.84. The van der Waals surface area contributed by atoms with Crippen molar-refractivity contribution in [1.29, 1.82) is 0 Å². The number of hydrogen-bond donors (Lipinski definition) is 0. The van der Waals surface area contributed by atoms with Gasteiger partial charge in [-0.15, -0.1) is 0 Å². The van der Waals surface area contributed by atoms with Crippen molar-refractivity contribution in [1.82, 2.24) is 0 Å². The third kappa shape index (κ3) is 2.56. The summed E-state index contributed by atoms with van der Waals surface area (Å²) in [6.45, 7) is 0. The SMILES string of the molecule is Fc1ccc(CC2Cc3ccccc3C2Br)c(Cl)c1. The highest BCUT2D eigenvalue weighted by Crippen LogP contribution is 2.44. The summed E-state index contributed by atoms with van der Waals surface area (Å²) in [5.74, 6) is 0.194. The van der Waals surface area contributed by atoms with Gasteiger partial charge < -0.3 is 0 Å². The number of hydrogen-bond acceptors (Lipinski definition) is 0. The molecule has 1 aliphatic carbocycles. The van der Waals surface area contributed by atoms with Gasteiger partial charge in [-0.25, -0.2) is 4.39 Å². The van der Waals surface area contributed by atoms with E-state index in [-0.39, 0.29) is 5.82 Å². The third-order valence-electron chi connectivity index (χ3n) is 3.75.